The van der Waals surface area contributed by atoms with E-state index < -0.39 is 17.5 Å². The van der Waals surface area contributed by atoms with Gasteiger partial charge in [-0.25, -0.2) is 4.79 Å². The molecule has 7 heteroatoms. The molecule has 138 valence electrons. The highest BCUT2D eigenvalue weighted by Gasteiger charge is 2.35. The van der Waals surface area contributed by atoms with Gasteiger partial charge in [0.1, 0.15) is 0 Å². The molecule has 1 aliphatic rings. The third-order valence-electron chi connectivity index (χ3n) is 4.66. The first kappa shape index (κ1) is 17.3. The van der Waals surface area contributed by atoms with E-state index in [2.05, 4.69) is 5.32 Å². The SMILES string of the molecule is Nc1ccc(Nc2cc(C(=O)O)c(N)c3c2C(=O)c2ccccc2C3=O)cc1. The van der Waals surface area contributed by atoms with Gasteiger partial charge in [-0.2, -0.15) is 0 Å². The van der Waals surface area contributed by atoms with Gasteiger partial charge in [-0.15, -0.1) is 0 Å². The number of nitrogens with two attached hydrogens (primary N) is 2. The van der Waals surface area contributed by atoms with Crippen molar-refractivity contribution < 1.29 is 19.5 Å². The van der Waals surface area contributed by atoms with Crippen molar-refractivity contribution in [2.45, 2.75) is 0 Å². The predicted octanol–water partition coefficient (Wildman–Crippen LogP) is 3.07. The minimum Gasteiger partial charge on any atom is -0.478 e. The molecule has 0 aliphatic heterocycles. The Kier molecular flexibility index (Phi) is 3.85. The Labute approximate surface area is 159 Å². The van der Waals surface area contributed by atoms with Crippen LogP contribution in [-0.2, 0) is 0 Å². The van der Waals surface area contributed by atoms with Gasteiger partial charge < -0.3 is 21.9 Å². The van der Waals surface area contributed by atoms with Crippen molar-refractivity contribution in [1.82, 2.24) is 0 Å². The van der Waals surface area contributed by atoms with Crippen LogP contribution in [-0.4, -0.2) is 22.6 Å². The van der Waals surface area contributed by atoms with Crippen molar-refractivity contribution >= 4 is 40.3 Å². The summed E-state index contributed by atoms with van der Waals surface area (Å²) in [5.41, 5.74) is 13.0. The summed E-state index contributed by atoms with van der Waals surface area (Å²) in [7, 11) is 0. The summed E-state index contributed by atoms with van der Waals surface area (Å²) >= 11 is 0. The van der Waals surface area contributed by atoms with Crippen LogP contribution >= 0.6 is 0 Å². The second kappa shape index (κ2) is 6.24. The van der Waals surface area contributed by atoms with Crippen LogP contribution in [0.3, 0.4) is 0 Å². The van der Waals surface area contributed by atoms with Gasteiger partial charge >= 0.3 is 5.97 Å². The van der Waals surface area contributed by atoms with E-state index in [0.717, 1.165) is 0 Å². The van der Waals surface area contributed by atoms with Crippen molar-refractivity contribution in [3.63, 3.8) is 0 Å². The van der Waals surface area contributed by atoms with Crippen LogP contribution < -0.4 is 16.8 Å². The highest BCUT2D eigenvalue weighted by Crippen LogP contribution is 2.38. The summed E-state index contributed by atoms with van der Waals surface area (Å²) < 4.78 is 0. The average molecular weight is 373 g/mol. The predicted molar refractivity (Wildman–Crippen MR) is 105 cm³/mol. The molecule has 0 amide bonds. The monoisotopic (exact) mass is 373 g/mol. The number of carboxylic acid groups (broad SMARTS) is 1. The topological polar surface area (TPSA) is 136 Å². The maximum absolute atomic E-state index is 13.1. The zero-order chi connectivity index (χ0) is 20.0. The second-order valence-electron chi connectivity index (χ2n) is 6.39. The van der Waals surface area contributed by atoms with E-state index in [1.165, 1.54) is 12.1 Å². The fraction of sp³-hybridized carbons (Fsp3) is 0. The maximum atomic E-state index is 13.1. The molecule has 4 rings (SSSR count). The van der Waals surface area contributed by atoms with Gasteiger partial charge in [0.2, 0.25) is 0 Å². The minimum atomic E-state index is -1.29. The number of hydrogen-bond acceptors (Lipinski definition) is 6. The van der Waals surface area contributed by atoms with E-state index in [1.807, 2.05) is 0 Å². The molecule has 3 aromatic carbocycles. The number of anilines is 4. The number of rotatable bonds is 3. The molecule has 0 saturated carbocycles. The number of fused-ring (bicyclic) bond motifs is 2. The number of carbonyl (C=O) groups excluding carboxylic acids is 2. The summed E-state index contributed by atoms with van der Waals surface area (Å²) in [5, 5.41) is 12.5. The van der Waals surface area contributed by atoms with Crippen LogP contribution in [0.5, 0.6) is 0 Å². The number of nitrogen functional groups attached to an aromatic ring is 2. The molecule has 0 spiro atoms. The van der Waals surface area contributed by atoms with Gasteiger partial charge in [0.25, 0.3) is 0 Å². The Morgan fingerprint density at radius 1 is 0.857 bits per heavy atom. The molecule has 0 fully saturated rings. The molecule has 6 N–H and O–H groups in total. The molecular formula is C21H15N3O4. The first-order chi connectivity index (χ1) is 13.4. The molecule has 3 aromatic rings. The second-order valence-corrected chi connectivity index (χ2v) is 6.39. The van der Waals surface area contributed by atoms with Crippen LogP contribution in [0.25, 0.3) is 0 Å². The van der Waals surface area contributed by atoms with E-state index >= 15 is 0 Å². The van der Waals surface area contributed by atoms with Crippen LogP contribution in [0.1, 0.15) is 42.2 Å². The molecule has 7 nitrogen and oxygen atoms in total. The molecule has 28 heavy (non-hydrogen) atoms. The van der Waals surface area contributed by atoms with Gasteiger partial charge in [-0.1, -0.05) is 24.3 Å². The van der Waals surface area contributed by atoms with E-state index in [0.29, 0.717) is 11.4 Å². The van der Waals surface area contributed by atoms with Gasteiger partial charge in [-0.05, 0) is 30.3 Å². The van der Waals surface area contributed by atoms with Crippen LogP contribution in [0.2, 0.25) is 0 Å². The smallest absolute Gasteiger partial charge is 0.337 e. The number of carbonyl (C=O) groups is 3. The number of benzene rings is 3. The number of carboxylic acids is 1. The Bertz CT molecular complexity index is 1170. The first-order valence-electron chi connectivity index (χ1n) is 8.39. The molecule has 0 aromatic heterocycles. The van der Waals surface area contributed by atoms with Crippen molar-refractivity contribution in [1.29, 1.82) is 0 Å². The normalized spacial score (nSPS) is 12.3. The van der Waals surface area contributed by atoms with E-state index in [9.17, 15) is 19.5 Å². The largest absolute Gasteiger partial charge is 0.478 e. The fourth-order valence-corrected chi connectivity index (χ4v) is 3.32. The number of aromatic carboxylic acids is 1. The molecule has 0 unspecified atom stereocenters. The summed E-state index contributed by atoms with van der Waals surface area (Å²) in [6.07, 6.45) is 0. The minimum absolute atomic E-state index is 0.0584. The maximum Gasteiger partial charge on any atom is 0.337 e. The number of nitrogens with one attached hydrogen (secondary N) is 1. The van der Waals surface area contributed by atoms with E-state index in [4.69, 9.17) is 11.5 Å². The first-order valence-corrected chi connectivity index (χ1v) is 8.39. The fourth-order valence-electron chi connectivity index (χ4n) is 3.32. The standard InChI is InChI=1S/C21H15N3O4/c22-10-5-7-11(8-6-10)24-15-9-14(21(27)28)18(23)17-16(15)19(25)12-3-1-2-4-13(12)20(17)26/h1-9,24H,22-23H2,(H,27,28). The van der Waals surface area contributed by atoms with Crippen molar-refractivity contribution in [3.8, 4) is 0 Å². The van der Waals surface area contributed by atoms with Crippen LogP contribution in [0, 0.1) is 0 Å². The van der Waals surface area contributed by atoms with Gasteiger partial charge in [0, 0.05) is 22.5 Å². The Hall–Kier alpha value is -4.13. The zero-order valence-electron chi connectivity index (χ0n) is 14.5. The van der Waals surface area contributed by atoms with E-state index in [1.54, 1.807) is 42.5 Å². The average Bonchev–Trinajstić information content (AvgIpc) is 2.68. The summed E-state index contributed by atoms with van der Waals surface area (Å²) in [5.74, 6) is -2.17. The molecular weight excluding hydrogens is 358 g/mol. The third-order valence-corrected chi connectivity index (χ3v) is 4.66. The van der Waals surface area contributed by atoms with E-state index in [-0.39, 0.29) is 39.2 Å². The third kappa shape index (κ3) is 2.57. The lowest BCUT2D eigenvalue weighted by molar-refractivity contribution is 0.0697. The number of hydrogen-bond donors (Lipinski definition) is 4. The molecule has 0 atom stereocenters. The molecule has 0 bridgehead atoms. The Morgan fingerprint density at radius 3 is 2.00 bits per heavy atom. The summed E-state index contributed by atoms with van der Waals surface area (Å²) in [6.45, 7) is 0. The summed E-state index contributed by atoms with van der Waals surface area (Å²) in [6, 6.07) is 14.3. The molecule has 0 saturated heterocycles. The summed E-state index contributed by atoms with van der Waals surface area (Å²) in [4.78, 5) is 37.8. The van der Waals surface area contributed by atoms with Crippen molar-refractivity contribution in [3.05, 3.63) is 82.4 Å². The lowest BCUT2D eigenvalue weighted by atomic mass is 9.81. The van der Waals surface area contributed by atoms with Gasteiger partial charge in [-0.3, -0.25) is 9.59 Å². The number of ketones is 2. The van der Waals surface area contributed by atoms with Crippen molar-refractivity contribution in [2.24, 2.45) is 0 Å². The molecule has 0 radical (unpaired) electrons. The Balaban J connectivity index is 1.98. The molecule has 1 aliphatic carbocycles. The van der Waals surface area contributed by atoms with Crippen LogP contribution in [0.4, 0.5) is 22.7 Å². The van der Waals surface area contributed by atoms with Gasteiger partial charge in [0.05, 0.1) is 28.1 Å². The lowest BCUT2D eigenvalue weighted by Gasteiger charge is -2.23. The molecule has 0 heterocycles. The van der Waals surface area contributed by atoms with Crippen molar-refractivity contribution in [2.75, 3.05) is 16.8 Å². The van der Waals surface area contributed by atoms with Gasteiger partial charge in [0.15, 0.2) is 11.6 Å². The Morgan fingerprint density at radius 2 is 1.43 bits per heavy atom. The zero-order valence-corrected chi connectivity index (χ0v) is 14.5. The highest BCUT2D eigenvalue weighted by atomic mass is 16.4. The quantitative estimate of drug-likeness (QED) is 0.405. The lowest BCUT2D eigenvalue weighted by Crippen LogP contribution is -2.25. The van der Waals surface area contributed by atoms with Crippen LogP contribution in [0.15, 0.2) is 54.6 Å². The highest BCUT2D eigenvalue weighted by molar-refractivity contribution is 6.32.